The van der Waals surface area contributed by atoms with Crippen molar-refractivity contribution in [3.63, 3.8) is 0 Å². The van der Waals surface area contributed by atoms with E-state index in [4.69, 9.17) is 4.74 Å². The normalized spacial score (nSPS) is 11.2. The van der Waals surface area contributed by atoms with E-state index in [9.17, 15) is 13.2 Å². The van der Waals surface area contributed by atoms with Crippen molar-refractivity contribution in [2.45, 2.75) is 11.3 Å². The number of carbonyl (C=O) groups excluding carboxylic acids is 1. The van der Waals surface area contributed by atoms with Gasteiger partial charge in [0.05, 0.1) is 17.1 Å². The zero-order valence-corrected chi connectivity index (χ0v) is 17.1. The molecule has 7 heteroatoms. The molecule has 0 aliphatic heterocycles. The molecule has 0 radical (unpaired) electrons. The van der Waals surface area contributed by atoms with Crippen LogP contribution in [0.15, 0.2) is 53.4 Å². The van der Waals surface area contributed by atoms with Crippen LogP contribution < -0.4 is 4.74 Å². The molecule has 134 valence electrons. The Morgan fingerprint density at radius 1 is 1.16 bits per heavy atom. The average Bonchev–Trinajstić information content (AvgIpc) is 2.58. The molecular formula is C18H20INO4S. The standard InChI is InChI=1S/C18H20INO4S/c1-20(18(21)16-9-3-4-10-17(16)19)11-6-12-24-14-7-5-8-15(13-14)25(2,22)23/h3-5,7-10,13H,6,11-12H2,1-2H3. The highest BCUT2D eigenvalue weighted by Gasteiger charge is 2.14. The van der Waals surface area contributed by atoms with Crippen LogP contribution in [0, 0.1) is 3.57 Å². The molecule has 0 atom stereocenters. The number of hydrogen-bond acceptors (Lipinski definition) is 4. The Hall–Kier alpha value is -1.61. The molecule has 0 saturated heterocycles. The molecule has 0 saturated carbocycles. The largest absolute Gasteiger partial charge is 0.493 e. The summed E-state index contributed by atoms with van der Waals surface area (Å²) in [6.07, 6.45) is 1.81. The fourth-order valence-corrected chi connectivity index (χ4v) is 3.50. The molecule has 1 amide bonds. The number of nitrogens with zero attached hydrogens (tertiary/aromatic N) is 1. The first-order valence-corrected chi connectivity index (χ1v) is 10.7. The van der Waals surface area contributed by atoms with Gasteiger partial charge in [-0.15, -0.1) is 0 Å². The van der Waals surface area contributed by atoms with Crippen molar-refractivity contribution in [3.05, 3.63) is 57.7 Å². The number of amides is 1. The monoisotopic (exact) mass is 473 g/mol. The lowest BCUT2D eigenvalue weighted by molar-refractivity contribution is 0.0787. The van der Waals surface area contributed by atoms with Gasteiger partial charge >= 0.3 is 0 Å². The summed E-state index contributed by atoms with van der Waals surface area (Å²) in [5.74, 6) is 0.485. The van der Waals surface area contributed by atoms with Crippen molar-refractivity contribution >= 4 is 38.3 Å². The van der Waals surface area contributed by atoms with Gasteiger partial charge in [-0.05, 0) is 59.3 Å². The third-order valence-corrected chi connectivity index (χ3v) is 5.64. The fraction of sp³-hybridized carbons (Fsp3) is 0.278. The smallest absolute Gasteiger partial charge is 0.254 e. The lowest BCUT2D eigenvalue weighted by atomic mass is 10.2. The predicted octanol–water partition coefficient (Wildman–Crippen LogP) is 3.24. The first-order valence-electron chi connectivity index (χ1n) is 7.72. The second kappa shape index (κ2) is 8.66. The molecular weight excluding hydrogens is 453 g/mol. The van der Waals surface area contributed by atoms with Crippen LogP contribution in [0.25, 0.3) is 0 Å². The number of benzene rings is 2. The maximum atomic E-state index is 12.4. The van der Waals surface area contributed by atoms with Crippen LogP contribution in [0.5, 0.6) is 5.75 Å². The zero-order chi connectivity index (χ0) is 18.4. The Bertz CT molecular complexity index is 852. The summed E-state index contributed by atoms with van der Waals surface area (Å²) in [4.78, 5) is 14.3. The number of carbonyl (C=O) groups is 1. The minimum absolute atomic E-state index is 0.0240. The summed E-state index contributed by atoms with van der Waals surface area (Å²) >= 11 is 2.15. The summed E-state index contributed by atoms with van der Waals surface area (Å²) in [6, 6.07) is 13.9. The van der Waals surface area contributed by atoms with Crippen molar-refractivity contribution < 1.29 is 17.9 Å². The van der Waals surface area contributed by atoms with E-state index < -0.39 is 9.84 Å². The van der Waals surface area contributed by atoms with E-state index in [2.05, 4.69) is 22.6 Å². The molecule has 0 bridgehead atoms. The summed E-state index contributed by atoms with van der Waals surface area (Å²) < 4.78 is 29.6. The van der Waals surface area contributed by atoms with Crippen molar-refractivity contribution in [2.75, 3.05) is 26.5 Å². The third kappa shape index (κ3) is 5.71. The van der Waals surface area contributed by atoms with Gasteiger partial charge in [0.1, 0.15) is 5.75 Å². The minimum atomic E-state index is -3.25. The summed E-state index contributed by atoms with van der Waals surface area (Å²) in [5.41, 5.74) is 0.687. The molecule has 0 aliphatic carbocycles. The highest BCUT2D eigenvalue weighted by atomic mass is 127. The van der Waals surface area contributed by atoms with Gasteiger partial charge in [-0.1, -0.05) is 18.2 Å². The predicted molar refractivity (Wildman–Crippen MR) is 106 cm³/mol. The van der Waals surface area contributed by atoms with Gasteiger partial charge in [-0.2, -0.15) is 0 Å². The molecule has 0 fully saturated rings. The van der Waals surface area contributed by atoms with Crippen LogP contribution in [0.4, 0.5) is 0 Å². The topological polar surface area (TPSA) is 63.7 Å². The van der Waals surface area contributed by atoms with Gasteiger partial charge in [-0.25, -0.2) is 8.42 Å². The molecule has 2 aromatic rings. The van der Waals surface area contributed by atoms with E-state index >= 15 is 0 Å². The SMILES string of the molecule is CN(CCCOc1cccc(S(C)(=O)=O)c1)C(=O)c1ccccc1I. The molecule has 0 heterocycles. The Kier molecular flexibility index (Phi) is 6.83. The number of hydrogen-bond donors (Lipinski definition) is 0. The summed E-state index contributed by atoms with van der Waals surface area (Å²) in [5, 5.41) is 0. The van der Waals surface area contributed by atoms with Crippen molar-refractivity contribution in [1.82, 2.24) is 4.90 Å². The lowest BCUT2D eigenvalue weighted by Gasteiger charge is -2.18. The highest BCUT2D eigenvalue weighted by molar-refractivity contribution is 14.1. The molecule has 2 rings (SSSR count). The third-order valence-electron chi connectivity index (χ3n) is 3.59. The van der Waals surface area contributed by atoms with Gasteiger partial charge in [0, 0.05) is 23.4 Å². The average molecular weight is 473 g/mol. The van der Waals surface area contributed by atoms with E-state index in [-0.39, 0.29) is 10.8 Å². The highest BCUT2D eigenvalue weighted by Crippen LogP contribution is 2.18. The maximum Gasteiger partial charge on any atom is 0.254 e. The first-order chi connectivity index (χ1) is 11.8. The molecule has 25 heavy (non-hydrogen) atoms. The molecule has 5 nitrogen and oxygen atoms in total. The van der Waals surface area contributed by atoms with Crippen molar-refractivity contribution in [1.29, 1.82) is 0 Å². The number of ether oxygens (including phenoxy) is 1. The van der Waals surface area contributed by atoms with Crippen LogP contribution in [-0.2, 0) is 9.84 Å². The second-order valence-corrected chi connectivity index (χ2v) is 8.83. The molecule has 0 aliphatic rings. The Labute approximate surface area is 162 Å². The summed E-state index contributed by atoms with van der Waals surface area (Å²) in [7, 11) is -1.49. The summed E-state index contributed by atoms with van der Waals surface area (Å²) in [6.45, 7) is 0.951. The molecule has 0 spiro atoms. The van der Waals surface area contributed by atoms with Crippen LogP contribution in [0.1, 0.15) is 16.8 Å². The quantitative estimate of drug-likeness (QED) is 0.458. The fourth-order valence-electron chi connectivity index (χ4n) is 2.23. The van der Waals surface area contributed by atoms with Gasteiger partial charge in [0.15, 0.2) is 9.84 Å². The van der Waals surface area contributed by atoms with Gasteiger partial charge in [-0.3, -0.25) is 4.79 Å². The van der Waals surface area contributed by atoms with Gasteiger partial charge in [0.25, 0.3) is 5.91 Å². The number of sulfone groups is 1. The van der Waals surface area contributed by atoms with E-state index in [1.807, 2.05) is 24.3 Å². The lowest BCUT2D eigenvalue weighted by Crippen LogP contribution is -2.29. The van der Waals surface area contributed by atoms with E-state index in [0.29, 0.717) is 30.9 Å². The van der Waals surface area contributed by atoms with Crippen LogP contribution in [-0.4, -0.2) is 45.7 Å². The molecule has 2 aromatic carbocycles. The maximum absolute atomic E-state index is 12.4. The zero-order valence-electron chi connectivity index (χ0n) is 14.1. The van der Waals surface area contributed by atoms with E-state index in [1.54, 1.807) is 24.1 Å². The van der Waals surface area contributed by atoms with E-state index in [1.165, 1.54) is 12.1 Å². The van der Waals surface area contributed by atoms with E-state index in [0.717, 1.165) is 9.83 Å². The number of halogens is 1. The Morgan fingerprint density at radius 3 is 2.56 bits per heavy atom. The Morgan fingerprint density at radius 2 is 1.88 bits per heavy atom. The van der Waals surface area contributed by atoms with Gasteiger partial charge in [0.2, 0.25) is 0 Å². The van der Waals surface area contributed by atoms with Crippen LogP contribution >= 0.6 is 22.6 Å². The molecule has 0 unspecified atom stereocenters. The van der Waals surface area contributed by atoms with Crippen LogP contribution in [0.2, 0.25) is 0 Å². The first kappa shape index (κ1) is 19.7. The van der Waals surface area contributed by atoms with Crippen molar-refractivity contribution in [3.8, 4) is 5.75 Å². The number of rotatable bonds is 7. The minimum Gasteiger partial charge on any atom is -0.493 e. The van der Waals surface area contributed by atoms with Gasteiger partial charge < -0.3 is 9.64 Å². The second-order valence-electron chi connectivity index (χ2n) is 5.66. The molecule has 0 N–H and O–H groups in total. The Balaban J connectivity index is 1.85. The van der Waals surface area contributed by atoms with Crippen molar-refractivity contribution in [2.24, 2.45) is 0 Å². The van der Waals surface area contributed by atoms with Crippen LogP contribution in [0.3, 0.4) is 0 Å². The molecule has 0 aromatic heterocycles.